The molecule has 2 spiro atoms. The van der Waals surface area contributed by atoms with Gasteiger partial charge in [0.1, 0.15) is 0 Å². The van der Waals surface area contributed by atoms with E-state index in [1.165, 1.54) is 57.7 Å². The van der Waals surface area contributed by atoms with E-state index < -0.39 is 0 Å². The first-order valence-electron chi connectivity index (χ1n) is 19.8. The molecule has 9 aromatic rings. The maximum Gasteiger partial charge on any atom is 0.235 e. The van der Waals surface area contributed by atoms with Crippen LogP contribution in [0.15, 0.2) is 152 Å². The maximum absolute atomic E-state index is 5.39. The van der Waals surface area contributed by atoms with Crippen molar-refractivity contribution in [1.82, 2.24) is 14.5 Å². The Bertz CT molecular complexity index is 3110. The highest BCUT2D eigenvalue weighted by Crippen LogP contribution is 2.94. The van der Waals surface area contributed by atoms with Crippen LogP contribution in [-0.2, 0) is 5.41 Å². The van der Waals surface area contributed by atoms with E-state index in [0.717, 1.165) is 62.3 Å². The summed E-state index contributed by atoms with van der Waals surface area (Å²) in [5.41, 5.74) is 14.9. The summed E-state index contributed by atoms with van der Waals surface area (Å²) >= 11 is 0. The van der Waals surface area contributed by atoms with Crippen LogP contribution in [0, 0.1) is 29.1 Å². The average Bonchev–Trinajstić information content (AvgIpc) is 3.69. The lowest BCUT2D eigenvalue weighted by Crippen LogP contribution is -2.88. The second-order valence-corrected chi connectivity index (χ2v) is 16.9. The minimum absolute atomic E-state index is 0.249. The Labute approximate surface area is 313 Å². The van der Waals surface area contributed by atoms with Crippen LogP contribution >= 0.6 is 0 Å². The summed E-state index contributed by atoms with van der Waals surface area (Å²) in [4.78, 5) is 10.8. The van der Waals surface area contributed by atoms with E-state index in [1.807, 2.05) is 0 Å². The molecule has 0 saturated heterocycles. The fraction of sp³-hybridized carbons (Fsp3) is 0.176. The van der Waals surface area contributed by atoms with Gasteiger partial charge in [0, 0.05) is 32.5 Å². The lowest BCUT2D eigenvalue weighted by molar-refractivity contribution is -0.412. The highest BCUT2D eigenvalue weighted by atomic mass is 15.2. The zero-order chi connectivity index (χ0) is 34.9. The van der Waals surface area contributed by atoms with Crippen LogP contribution in [0.25, 0.3) is 82.9 Å². The van der Waals surface area contributed by atoms with Crippen LogP contribution in [0.4, 0.5) is 0 Å². The average molecular weight is 690 g/mol. The third-order valence-corrected chi connectivity index (χ3v) is 15.3. The smallest absolute Gasteiger partial charge is 0.235 e. The van der Waals surface area contributed by atoms with Gasteiger partial charge < -0.3 is 0 Å². The van der Waals surface area contributed by atoms with Crippen molar-refractivity contribution in [3.8, 4) is 39.5 Å². The molecule has 5 aliphatic rings. The molecular formula is C51H35N3. The zero-order valence-corrected chi connectivity index (χ0v) is 29.7. The standard InChI is InChI=1S/C51H35N3/c1-2-11-30(12-3-1)47-38-21-18-29-10-4-5-13-35(29)48(38)53-49(52-47)54-43-17-9-7-15-37(43)40-25-32(20-23-44(40)54)31-19-22-42-39(24-31)36-14-6-8-16-41(36)51(42)45-27-33-26-34-28-46(51)50(33,34)45/h1-25,33-34,45-46H,26-28H2. The molecule has 4 unspecified atom stereocenters. The summed E-state index contributed by atoms with van der Waals surface area (Å²) in [5.74, 6) is 4.43. The first kappa shape index (κ1) is 28.4. The van der Waals surface area contributed by atoms with Gasteiger partial charge in [-0.1, -0.05) is 121 Å². The van der Waals surface area contributed by atoms with Crippen molar-refractivity contribution >= 4 is 43.5 Å². The van der Waals surface area contributed by atoms with Crippen LogP contribution in [0.1, 0.15) is 30.4 Å². The van der Waals surface area contributed by atoms with Crippen molar-refractivity contribution in [3.05, 3.63) is 163 Å². The molecule has 7 aromatic carbocycles. The second-order valence-electron chi connectivity index (χ2n) is 16.9. The highest BCUT2D eigenvalue weighted by molar-refractivity contribution is 6.12. The summed E-state index contributed by atoms with van der Waals surface area (Å²) in [5, 5.41) is 5.80. The molecule has 54 heavy (non-hydrogen) atoms. The molecule has 0 bridgehead atoms. The van der Waals surface area contributed by atoms with Crippen molar-refractivity contribution in [1.29, 1.82) is 0 Å². The molecule has 14 rings (SSSR count). The predicted molar refractivity (Wildman–Crippen MR) is 219 cm³/mol. The van der Waals surface area contributed by atoms with Crippen molar-refractivity contribution in [3.63, 3.8) is 0 Å². The molecule has 4 fully saturated rings. The van der Waals surface area contributed by atoms with Gasteiger partial charge in [0.05, 0.1) is 22.2 Å². The summed E-state index contributed by atoms with van der Waals surface area (Å²) in [7, 11) is 0. The van der Waals surface area contributed by atoms with Crippen molar-refractivity contribution < 1.29 is 0 Å². The van der Waals surface area contributed by atoms with Crippen LogP contribution in [-0.4, -0.2) is 14.5 Å². The number of rotatable bonds is 3. The minimum Gasteiger partial charge on any atom is -0.278 e. The number of hydrogen-bond donors (Lipinski definition) is 0. The van der Waals surface area contributed by atoms with Gasteiger partial charge in [0.25, 0.3) is 0 Å². The van der Waals surface area contributed by atoms with Crippen LogP contribution in [0.5, 0.6) is 0 Å². The third-order valence-electron chi connectivity index (χ3n) is 15.3. The molecule has 4 saturated carbocycles. The minimum atomic E-state index is 0.249. The molecule has 4 atom stereocenters. The Morgan fingerprint density at radius 3 is 2.06 bits per heavy atom. The Balaban J connectivity index is 0.960. The number of benzene rings is 7. The van der Waals surface area contributed by atoms with Gasteiger partial charge >= 0.3 is 0 Å². The second kappa shape index (κ2) is 9.53. The summed E-state index contributed by atoms with van der Waals surface area (Å²) in [6.07, 6.45) is 4.38. The van der Waals surface area contributed by atoms with E-state index in [0.29, 0.717) is 11.4 Å². The fourth-order valence-electron chi connectivity index (χ4n) is 13.3. The van der Waals surface area contributed by atoms with Gasteiger partial charge in [-0.05, 0) is 117 Å². The summed E-state index contributed by atoms with van der Waals surface area (Å²) in [6.45, 7) is 0. The van der Waals surface area contributed by atoms with Crippen LogP contribution < -0.4 is 0 Å². The molecular weight excluding hydrogens is 655 g/mol. The molecule has 2 heterocycles. The monoisotopic (exact) mass is 689 g/mol. The molecule has 0 aliphatic heterocycles. The first-order chi connectivity index (χ1) is 26.7. The molecule has 0 amide bonds. The predicted octanol–water partition coefficient (Wildman–Crippen LogP) is 12.2. The topological polar surface area (TPSA) is 30.7 Å². The molecule has 2 aromatic heterocycles. The van der Waals surface area contributed by atoms with Gasteiger partial charge in [-0.3, -0.25) is 4.57 Å². The van der Waals surface area contributed by atoms with Gasteiger partial charge in [0.2, 0.25) is 5.95 Å². The highest BCUT2D eigenvalue weighted by Gasteiger charge is 2.90. The Morgan fingerprint density at radius 2 is 1.19 bits per heavy atom. The Kier molecular flexibility index (Phi) is 5.02. The quantitative estimate of drug-likeness (QED) is 0.173. The van der Waals surface area contributed by atoms with E-state index in [-0.39, 0.29) is 5.41 Å². The van der Waals surface area contributed by atoms with Gasteiger partial charge in [-0.2, -0.15) is 0 Å². The number of hydrogen-bond acceptors (Lipinski definition) is 2. The van der Waals surface area contributed by atoms with Crippen LogP contribution in [0.3, 0.4) is 0 Å². The van der Waals surface area contributed by atoms with Crippen molar-refractivity contribution in [2.45, 2.75) is 24.7 Å². The number of para-hydroxylation sites is 1. The Hall–Kier alpha value is -6.06. The molecule has 254 valence electrons. The molecule has 5 aliphatic carbocycles. The fourth-order valence-corrected chi connectivity index (χ4v) is 13.3. The van der Waals surface area contributed by atoms with Gasteiger partial charge in [-0.25, -0.2) is 9.97 Å². The zero-order valence-electron chi connectivity index (χ0n) is 29.7. The maximum atomic E-state index is 5.39. The largest absolute Gasteiger partial charge is 0.278 e. The van der Waals surface area contributed by atoms with E-state index in [1.54, 1.807) is 11.1 Å². The number of fused-ring (bicyclic) bond motifs is 13. The lowest BCUT2D eigenvalue weighted by Gasteiger charge is -2.92. The van der Waals surface area contributed by atoms with Crippen LogP contribution in [0.2, 0.25) is 0 Å². The van der Waals surface area contributed by atoms with E-state index in [2.05, 4.69) is 156 Å². The summed E-state index contributed by atoms with van der Waals surface area (Å²) in [6, 6.07) is 56.1. The first-order valence-corrected chi connectivity index (χ1v) is 19.8. The van der Waals surface area contributed by atoms with Gasteiger partial charge in [0.15, 0.2) is 0 Å². The molecule has 0 radical (unpaired) electrons. The normalized spacial score (nSPS) is 26.4. The molecule has 0 N–H and O–H groups in total. The number of nitrogens with zero attached hydrogens (tertiary/aromatic N) is 3. The van der Waals surface area contributed by atoms with E-state index in [4.69, 9.17) is 9.97 Å². The van der Waals surface area contributed by atoms with Crippen molar-refractivity contribution in [2.75, 3.05) is 0 Å². The lowest BCUT2D eigenvalue weighted by atomic mass is 9.11. The third kappa shape index (κ3) is 3.07. The molecule has 3 nitrogen and oxygen atoms in total. The van der Waals surface area contributed by atoms with E-state index in [9.17, 15) is 0 Å². The van der Waals surface area contributed by atoms with Gasteiger partial charge in [-0.15, -0.1) is 0 Å². The molecule has 3 heteroatoms. The van der Waals surface area contributed by atoms with Crippen molar-refractivity contribution in [2.24, 2.45) is 29.1 Å². The van der Waals surface area contributed by atoms with E-state index >= 15 is 0 Å². The summed E-state index contributed by atoms with van der Waals surface area (Å²) < 4.78 is 2.27. The Morgan fingerprint density at radius 1 is 0.481 bits per heavy atom. The SMILES string of the molecule is c1ccc(-c2nc(-n3c4ccccc4c4cc(-c5ccc6c(c5)-c5ccccc5C65C6CC7CC8CC5C786)ccc43)nc3c2ccc2ccccc23)cc1. The number of aromatic nitrogens is 3.